The molecule has 0 fully saturated rings. The van der Waals surface area contributed by atoms with Crippen LogP contribution < -0.4 is 5.32 Å². The number of nitrogens with one attached hydrogen (secondary N) is 1. The molecule has 0 spiro atoms. The molecule has 0 aliphatic carbocycles. The molecular weight excluding hydrogens is 316 g/mol. The van der Waals surface area contributed by atoms with E-state index >= 15 is 0 Å². The van der Waals surface area contributed by atoms with Crippen molar-refractivity contribution in [2.75, 3.05) is 12.4 Å². The standard InChI is InChI=1S/C14H20N6O2S/c1-5-9(2)10-7-23-14(17-10)18-12(21)13(22)19(3)6-11-15-8-16-20(11)4/h7-9H,5-6H2,1-4H3,(H,17,18,21). The summed E-state index contributed by atoms with van der Waals surface area (Å²) in [4.78, 5) is 33.8. The van der Waals surface area contributed by atoms with E-state index in [1.165, 1.54) is 22.6 Å². The zero-order chi connectivity index (χ0) is 17.0. The van der Waals surface area contributed by atoms with Crippen LogP contribution in [-0.4, -0.2) is 43.5 Å². The first-order valence-electron chi connectivity index (χ1n) is 7.27. The molecule has 1 atom stereocenters. The highest BCUT2D eigenvalue weighted by Crippen LogP contribution is 2.23. The maximum atomic E-state index is 12.1. The van der Waals surface area contributed by atoms with Gasteiger partial charge in [0.05, 0.1) is 12.2 Å². The van der Waals surface area contributed by atoms with Crippen LogP contribution in [0.4, 0.5) is 5.13 Å². The molecule has 8 nitrogen and oxygen atoms in total. The highest BCUT2D eigenvalue weighted by molar-refractivity contribution is 7.14. The summed E-state index contributed by atoms with van der Waals surface area (Å²) in [5, 5.41) is 8.81. The number of carbonyl (C=O) groups excluding carboxylic acids is 2. The van der Waals surface area contributed by atoms with E-state index in [0.717, 1.165) is 12.1 Å². The average molecular weight is 336 g/mol. The van der Waals surface area contributed by atoms with Crippen molar-refractivity contribution in [3.8, 4) is 0 Å². The van der Waals surface area contributed by atoms with E-state index < -0.39 is 11.8 Å². The Morgan fingerprint density at radius 1 is 1.48 bits per heavy atom. The molecule has 9 heteroatoms. The van der Waals surface area contributed by atoms with Gasteiger partial charge in [-0.15, -0.1) is 11.3 Å². The molecule has 124 valence electrons. The predicted molar refractivity (Wildman–Crippen MR) is 86.9 cm³/mol. The Bertz CT molecular complexity index is 695. The van der Waals surface area contributed by atoms with Crippen molar-refractivity contribution >= 4 is 28.3 Å². The second kappa shape index (κ2) is 7.32. The lowest BCUT2D eigenvalue weighted by Gasteiger charge is -2.15. The van der Waals surface area contributed by atoms with E-state index in [2.05, 4.69) is 34.2 Å². The normalized spacial score (nSPS) is 12.0. The first-order chi connectivity index (χ1) is 10.9. The van der Waals surface area contributed by atoms with Crippen LogP contribution in [0.15, 0.2) is 11.7 Å². The van der Waals surface area contributed by atoms with E-state index in [4.69, 9.17) is 0 Å². The van der Waals surface area contributed by atoms with Gasteiger partial charge in [0, 0.05) is 19.5 Å². The number of anilines is 1. The Balaban J connectivity index is 1.95. The zero-order valence-corrected chi connectivity index (χ0v) is 14.4. The molecule has 2 aromatic rings. The Morgan fingerprint density at radius 2 is 2.22 bits per heavy atom. The Hall–Kier alpha value is -2.29. The number of nitrogens with zero attached hydrogens (tertiary/aromatic N) is 5. The fraction of sp³-hybridized carbons (Fsp3) is 0.500. The third-order valence-corrected chi connectivity index (χ3v) is 4.36. The van der Waals surface area contributed by atoms with Gasteiger partial charge in [0.2, 0.25) is 0 Å². The summed E-state index contributed by atoms with van der Waals surface area (Å²) in [5.41, 5.74) is 0.924. The molecule has 1 N–H and O–H groups in total. The molecule has 0 radical (unpaired) electrons. The minimum Gasteiger partial charge on any atom is -0.330 e. The molecular formula is C14H20N6O2S. The SMILES string of the molecule is CCC(C)c1csc(NC(=O)C(=O)N(C)Cc2ncnn2C)n1. The van der Waals surface area contributed by atoms with E-state index in [1.54, 1.807) is 18.8 Å². The second-order valence-corrected chi connectivity index (χ2v) is 6.16. The first-order valence-corrected chi connectivity index (χ1v) is 8.15. The van der Waals surface area contributed by atoms with Gasteiger partial charge in [0.25, 0.3) is 0 Å². The highest BCUT2D eigenvalue weighted by atomic mass is 32.1. The third-order valence-electron chi connectivity index (χ3n) is 3.58. The van der Waals surface area contributed by atoms with Gasteiger partial charge in [-0.05, 0) is 12.3 Å². The number of carbonyl (C=O) groups is 2. The van der Waals surface area contributed by atoms with Crippen LogP contribution in [0.5, 0.6) is 0 Å². The van der Waals surface area contributed by atoms with Gasteiger partial charge in [-0.3, -0.25) is 19.6 Å². The summed E-state index contributed by atoms with van der Waals surface area (Å²) in [6.45, 7) is 4.35. The van der Waals surface area contributed by atoms with Crippen LogP contribution in [0.2, 0.25) is 0 Å². The fourth-order valence-corrected chi connectivity index (χ4v) is 2.68. The quantitative estimate of drug-likeness (QED) is 0.833. The van der Waals surface area contributed by atoms with E-state index in [9.17, 15) is 9.59 Å². The molecule has 0 saturated heterocycles. The van der Waals surface area contributed by atoms with Crippen LogP contribution in [0.25, 0.3) is 0 Å². The van der Waals surface area contributed by atoms with Crippen molar-refractivity contribution in [1.82, 2.24) is 24.6 Å². The summed E-state index contributed by atoms with van der Waals surface area (Å²) < 4.78 is 1.56. The monoisotopic (exact) mass is 336 g/mol. The van der Waals surface area contributed by atoms with Gasteiger partial charge in [0.15, 0.2) is 5.13 Å². The Kier molecular flexibility index (Phi) is 5.43. The summed E-state index contributed by atoms with van der Waals surface area (Å²) in [6.07, 6.45) is 2.37. The van der Waals surface area contributed by atoms with Crippen LogP contribution in [-0.2, 0) is 23.2 Å². The largest absolute Gasteiger partial charge is 0.330 e. The molecule has 1 unspecified atom stereocenters. The summed E-state index contributed by atoms with van der Waals surface area (Å²) in [5.74, 6) is -0.429. The molecule has 0 saturated carbocycles. The lowest BCUT2D eigenvalue weighted by atomic mass is 10.1. The molecule has 0 aliphatic rings. The summed E-state index contributed by atoms with van der Waals surface area (Å²) in [6, 6.07) is 0. The highest BCUT2D eigenvalue weighted by Gasteiger charge is 2.21. The smallest absolute Gasteiger partial charge is 0.315 e. The fourth-order valence-electron chi connectivity index (χ4n) is 1.85. The third kappa shape index (κ3) is 4.13. The number of amides is 2. The van der Waals surface area contributed by atoms with Crippen LogP contribution in [0.1, 0.15) is 37.7 Å². The van der Waals surface area contributed by atoms with E-state index in [1.807, 2.05) is 5.38 Å². The number of aryl methyl sites for hydroxylation is 1. The van der Waals surface area contributed by atoms with E-state index in [0.29, 0.717) is 16.9 Å². The topological polar surface area (TPSA) is 93.0 Å². The number of aromatic nitrogens is 4. The van der Waals surface area contributed by atoms with Gasteiger partial charge >= 0.3 is 11.8 Å². The number of hydrogen-bond donors (Lipinski definition) is 1. The summed E-state index contributed by atoms with van der Waals surface area (Å²) >= 11 is 1.32. The van der Waals surface area contributed by atoms with Gasteiger partial charge < -0.3 is 4.90 Å². The van der Waals surface area contributed by atoms with Crippen molar-refractivity contribution in [2.24, 2.45) is 7.05 Å². The van der Waals surface area contributed by atoms with Crippen molar-refractivity contribution < 1.29 is 9.59 Å². The molecule has 2 heterocycles. The first kappa shape index (κ1) is 17.1. The van der Waals surface area contributed by atoms with Crippen molar-refractivity contribution in [1.29, 1.82) is 0 Å². The Morgan fingerprint density at radius 3 is 2.83 bits per heavy atom. The van der Waals surface area contributed by atoms with Gasteiger partial charge in [-0.25, -0.2) is 9.97 Å². The van der Waals surface area contributed by atoms with Crippen molar-refractivity contribution in [2.45, 2.75) is 32.7 Å². The number of rotatable bonds is 5. The lowest BCUT2D eigenvalue weighted by molar-refractivity contribution is -0.142. The number of hydrogen-bond acceptors (Lipinski definition) is 6. The van der Waals surface area contributed by atoms with Crippen molar-refractivity contribution in [3.63, 3.8) is 0 Å². The molecule has 0 bridgehead atoms. The molecule has 0 aliphatic heterocycles. The second-order valence-electron chi connectivity index (χ2n) is 5.30. The van der Waals surface area contributed by atoms with Crippen LogP contribution in [0, 0.1) is 0 Å². The van der Waals surface area contributed by atoms with Gasteiger partial charge in [0.1, 0.15) is 12.2 Å². The number of likely N-dealkylation sites (N-methyl/N-ethyl adjacent to an activating group) is 1. The van der Waals surface area contributed by atoms with Crippen molar-refractivity contribution in [3.05, 3.63) is 23.2 Å². The number of thiazole rings is 1. The maximum Gasteiger partial charge on any atom is 0.315 e. The zero-order valence-electron chi connectivity index (χ0n) is 13.6. The molecule has 2 aromatic heterocycles. The van der Waals surface area contributed by atoms with Gasteiger partial charge in [-0.2, -0.15) is 5.10 Å². The maximum absolute atomic E-state index is 12.1. The Labute approximate surface area is 138 Å². The molecule has 23 heavy (non-hydrogen) atoms. The molecule has 2 amide bonds. The average Bonchev–Trinajstić information content (AvgIpc) is 3.15. The minimum absolute atomic E-state index is 0.207. The predicted octanol–water partition coefficient (Wildman–Crippen LogP) is 1.38. The van der Waals surface area contributed by atoms with Gasteiger partial charge in [-0.1, -0.05) is 13.8 Å². The van der Waals surface area contributed by atoms with E-state index in [-0.39, 0.29) is 6.54 Å². The summed E-state index contributed by atoms with van der Waals surface area (Å²) in [7, 11) is 3.27. The lowest BCUT2D eigenvalue weighted by Crippen LogP contribution is -2.37. The minimum atomic E-state index is -0.709. The molecule has 0 aromatic carbocycles. The van der Waals surface area contributed by atoms with Crippen LogP contribution >= 0.6 is 11.3 Å². The molecule has 2 rings (SSSR count). The van der Waals surface area contributed by atoms with Crippen LogP contribution in [0.3, 0.4) is 0 Å².